The maximum Gasteiger partial charge on any atom is 0.194 e. The summed E-state index contributed by atoms with van der Waals surface area (Å²) >= 11 is 0. The van der Waals surface area contributed by atoms with Gasteiger partial charge in [0.2, 0.25) is 0 Å². The topological polar surface area (TPSA) is 61.6 Å². The van der Waals surface area contributed by atoms with Crippen LogP contribution in [-0.2, 0) is 13.6 Å². The maximum atomic E-state index is 4.41. The third-order valence-corrected chi connectivity index (χ3v) is 4.42. The summed E-state index contributed by atoms with van der Waals surface area (Å²) in [5.74, 6) is 2.61. The Morgan fingerprint density at radius 1 is 1.45 bits per heavy atom. The predicted molar refractivity (Wildman–Crippen MR) is 88.7 cm³/mol. The van der Waals surface area contributed by atoms with Gasteiger partial charge in [0, 0.05) is 33.7 Å². The minimum Gasteiger partial charge on any atom is -0.349 e. The maximum absolute atomic E-state index is 4.41. The zero-order chi connectivity index (χ0) is 15.9. The minimum absolute atomic E-state index is 0.653. The van der Waals surface area contributed by atoms with Crippen LogP contribution in [0.25, 0.3) is 0 Å². The smallest absolute Gasteiger partial charge is 0.194 e. The van der Waals surface area contributed by atoms with Gasteiger partial charge < -0.3 is 15.1 Å². The van der Waals surface area contributed by atoms with Gasteiger partial charge in [-0.15, -0.1) is 0 Å². The molecular formula is C15H29N7. The Kier molecular flexibility index (Phi) is 6.18. The number of guanidine groups is 1. The number of rotatable bonds is 6. The lowest BCUT2D eigenvalue weighted by Gasteiger charge is -2.24. The van der Waals surface area contributed by atoms with Crippen LogP contribution < -0.4 is 5.32 Å². The van der Waals surface area contributed by atoms with E-state index in [-0.39, 0.29) is 0 Å². The van der Waals surface area contributed by atoms with E-state index in [0.717, 1.165) is 43.9 Å². The van der Waals surface area contributed by atoms with Crippen LogP contribution in [0, 0.1) is 5.92 Å². The molecule has 7 heteroatoms. The molecule has 0 saturated carbocycles. The lowest BCUT2D eigenvalue weighted by atomic mass is 10.1. The first kappa shape index (κ1) is 16.7. The van der Waals surface area contributed by atoms with E-state index in [1.165, 1.54) is 13.0 Å². The van der Waals surface area contributed by atoms with E-state index in [9.17, 15) is 0 Å². The van der Waals surface area contributed by atoms with Crippen molar-refractivity contribution < 1.29 is 0 Å². The fourth-order valence-corrected chi connectivity index (χ4v) is 2.99. The minimum atomic E-state index is 0.653. The van der Waals surface area contributed by atoms with Gasteiger partial charge in [0.1, 0.15) is 12.2 Å². The van der Waals surface area contributed by atoms with E-state index in [0.29, 0.717) is 6.54 Å². The molecule has 1 aliphatic rings. The highest BCUT2D eigenvalue weighted by Crippen LogP contribution is 2.17. The van der Waals surface area contributed by atoms with Crippen LogP contribution >= 0.6 is 0 Å². The summed E-state index contributed by atoms with van der Waals surface area (Å²) in [4.78, 5) is 13.5. The molecule has 1 unspecified atom stereocenters. The Morgan fingerprint density at radius 3 is 2.82 bits per heavy atom. The summed E-state index contributed by atoms with van der Waals surface area (Å²) in [6.07, 6.45) is 2.82. The van der Waals surface area contributed by atoms with Crippen molar-refractivity contribution in [3.63, 3.8) is 0 Å². The summed E-state index contributed by atoms with van der Waals surface area (Å²) in [6, 6.07) is 0. The molecule has 1 N–H and O–H groups in total. The van der Waals surface area contributed by atoms with Crippen molar-refractivity contribution in [3.05, 3.63) is 12.2 Å². The fraction of sp³-hybridized carbons (Fsp3) is 0.800. The lowest BCUT2D eigenvalue weighted by molar-refractivity contribution is 0.255. The van der Waals surface area contributed by atoms with E-state index >= 15 is 0 Å². The number of hydrogen-bond donors (Lipinski definition) is 1. The largest absolute Gasteiger partial charge is 0.349 e. The Hall–Kier alpha value is -1.63. The molecule has 1 fully saturated rings. The number of aliphatic imine (C=N–C) groups is 1. The average molecular weight is 307 g/mol. The normalized spacial score (nSPS) is 19.2. The number of nitrogens with one attached hydrogen (secondary N) is 1. The van der Waals surface area contributed by atoms with Gasteiger partial charge in [-0.25, -0.2) is 4.98 Å². The first-order valence-electron chi connectivity index (χ1n) is 8.18. The molecule has 1 atom stereocenters. The molecule has 2 rings (SSSR count). The second kappa shape index (κ2) is 8.12. The predicted octanol–water partition coefficient (Wildman–Crippen LogP) is 0.554. The SMILES string of the molecule is CCN(CC)CC1CCN(C(=NC)NCc2ncnn2C)C1. The van der Waals surface area contributed by atoms with Crippen LogP contribution in [-0.4, -0.2) is 70.3 Å². The first-order chi connectivity index (χ1) is 10.7. The fourth-order valence-electron chi connectivity index (χ4n) is 2.99. The van der Waals surface area contributed by atoms with Crippen LogP contribution in [0.4, 0.5) is 0 Å². The summed E-state index contributed by atoms with van der Waals surface area (Å²) in [6.45, 7) is 10.7. The molecule has 1 saturated heterocycles. The van der Waals surface area contributed by atoms with Gasteiger partial charge >= 0.3 is 0 Å². The van der Waals surface area contributed by atoms with Gasteiger partial charge in [-0.3, -0.25) is 9.67 Å². The Balaban J connectivity index is 1.84. The van der Waals surface area contributed by atoms with E-state index in [1.54, 1.807) is 11.0 Å². The van der Waals surface area contributed by atoms with Crippen molar-refractivity contribution >= 4 is 5.96 Å². The summed E-state index contributed by atoms with van der Waals surface area (Å²) in [5, 5.41) is 7.48. The van der Waals surface area contributed by atoms with Crippen LogP contribution in [0.2, 0.25) is 0 Å². The van der Waals surface area contributed by atoms with Crippen molar-refractivity contribution in [2.45, 2.75) is 26.8 Å². The van der Waals surface area contributed by atoms with Crippen LogP contribution in [0.3, 0.4) is 0 Å². The molecule has 22 heavy (non-hydrogen) atoms. The standard InChI is InChI=1S/C15H29N7/c1-5-21(6-2)10-13-7-8-22(11-13)15(16-3)17-9-14-18-12-19-20(14)4/h12-13H,5-11H2,1-4H3,(H,16,17). The molecule has 124 valence electrons. The Labute approximate surface area is 133 Å². The molecule has 2 heterocycles. The first-order valence-corrected chi connectivity index (χ1v) is 8.18. The number of likely N-dealkylation sites (tertiary alicyclic amines) is 1. The molecule has 1 aromatic heterocycles. The van der Waals surface area contributed by atoms with Crippen molar-refractivity contribution in [3.8, 4) is 0 Å². The van der Waals surface area contributed by atoms with Gasteiger partial charge in [-0.05, 0) is 25.4 Å². The second-order valence-corrected chi connectivity index (χ2v) is 5.79. The number of aromatic nitrogens is 3. The van der Waals surface area contributed by atoms with Gasteiger partial charge in [0.05, 0.1) is 6.54 Å². The van der Waals surface area contributed by atoms with E-state index < -0.39 is 0 Å². The van der Waals surface area contributed by atoms with Crippen molar-refractivity contribution in [1.82, 2.24) is 29.9 Å². The summed E-state index contributed by atoms with van der Waals surface area (Å²) in [7, 11) is 3.75. The molecule has 1 aliphatic heterocycles. The van der Waals surface area contributed by atoms with Crippen LogP contribution in [0.5, 0.6) is 0 Å². The lowest BCUT2D eigenvalue weighted by Crippen LogP contribution is -2.40. The van der Waals surface area contributed by atoms with Gasteiger partial charge in [0.15, 0.2) is 5.96 Å². The van der Waals surface area contributed by atoms with Crippen molar-refractivity contribution in [2.75, 3.05) is 39.8 Å². The van der Waals surface area contributed by atoms with Crippen LogP contribution in [0.1, 0.15) is 26.1 Å². The molecule has 0 bridgehead atoms. The monoisotopic (exact) mass is 307 g/mol. The molecular weight excluding hydrogens is 278 g/mol. The van der Waals surface area contributed by atoms with Crippen LogP contribution in [0.15, 0.2) is 11.3 Å². The Bertz CT molecular complexity index is 478. The van der Waals surface area contributed by atoms with Gasteiger partial charge in [-0.2, -0.15) is 5.10 Å². The van der Waals surface area contributed by atoms with E-state index in [2.05, 4.69) is 44.0 Å². The molecule has 0 amide bonds. The molecule has 7 nitrogen and oxygen atoms in total. The molecule has 0 aromatic carbocycles. The Morgan fingerprint density at radius 2 is 2.23 bits per heavy atom. The molecule has 1 aromatic rings. The highest BCUT2D eigenvalue weighted by atomic mass is 15.3. The van der Waals surface area contributed by atoms with Crippen molar-refractivity contribution in [1.29, 1.82) is 0 Å². The zero-order valence-electron chi connectivity index (χ0n) is 14.3. The zero-order valence-corrected chi connectivity index (χ0v) is 14.3. The number of aryl methyl sites for hydroxylation is 1. The van der Waals surface area contributed by atoms with Gasteiger partial charge in [-0.1, -0.05) is 13.8 Å². The molecule has 0 aliphatic carbocycles. The third-order valence-electron chi connectivity index (χ3n) is 4.42. The number of nitrogens with zero attached hydrogens (tertiary/aromatic N) is 6. The quantitative estimate of drug-likeness (QED) is 0.614. The number of hydrogen-bond acceptors (Lipinski definition) is 4. The summed E-state index contributed by atoms with van der Waals surface area (Å²) < 4.78 is 1.79. The van der Waals surface area contributed by atoms with Crippen molar-refractivity contribution in [2.24, 2.45) is 18.0 Å². The summed E-state index contributed by atoms with van der Waals surface area (Å²) in [5.41, 5.74) is 0. The third kappa shape index (κ3) is 4.19. The average Bonchev–Trinajstić information content (AvgIpc) is 3.15. The molecule has 0 spiro atoms. The second-order valence-electron chi connectivity index (χ2n) is 5.79. The van der Waals surface area contributed by atoms with Gasteiger partial charge in [0.25, 0.3) is 0 Å². The molecule has 0 radical (unpaired) electrons. The van der Waals surface area contributed by atoms with E-state index in [4.69, 9.17) is 0 Å². The highest BCUT2D eigenvalue weighted by molar-refractivity contribution is 5.80. The highest BCUT2D eigenvalue weighted by Gasteiger charge is 2.25. The van der Waals surface area contributed by atoms with E-state index in [1.807, 2.05) is 14.1 Å².